The largest absolute Gasteiger partial charge is 0.550 e. The van der Waals surface area contributed by atoms with Crippen LogP contribution in [0.25, 0.3) is 0 Å². The van der Waals surface area contributed by atoms with E-state index >= 15 is 0 Å². The Hall–Kier alpha value is -1.20. The maximum atomic E-state index is 10.1. The van der Waals surface area contributed by atoms with Crippen molar-refractivity contribution in [1.29, 1.82) is 0 Å². The quantitative estimate of drug-likeness (QED) is 0.359. The number of carbonyl (C=O) groups is 4. The summed E-state index contributed by atoms with van der Waals surface area (Å²) in [4.78, 5) is 40.4. The summed E-state index contributed by atoms with van der Waals surface area (Å²) in [6.07, 6.45) is 15.2. The number of carbonyl (C=O) groups excluding carboxylic acids is 4. The smallest absolute Gasteiger partial charge is 0.0445 e. The molecule has 0 aromatic carbocycles. The molecule has 9 heteroatoms. The van der Waals surface area contributed by atoms with Crippen LogP contribution in [0.3, 0.4) is 0 Å². The molecule has 4 aliphatic rings. The molecule has 33 heavy (non-hydrogen) atoms. The maximum absolute atomic E-state index is 10.1. The fraction of sp³-hybridized carbons (Fsp3) is 0.833. The van der Waals surface area contributed by atoms with Crippen molar-refractivity contribution in [2.75, 3.05) is 0 Å². The molecule has 0 aromatic rings. The van der Waals surface area contributed by atoms with Gasteiger partial charge in [-0.3, -0.25) is 0 Å². The van der Waals surface area contributed by atoms with Crippen LogP contribution >= 0.6 is 0 Å². The summed E-state index contributed by atoms with van der Waals surface area (Å²) in [6, 6.07) is 0. The third kappa shape index (κ3) is 13.9. The predicted octanol–water partition coefficient (Wildman–Crippen LogP) is -0.675. The molecular weight excluding hydrogens is 623 g/mol. The van der Waals surface area contributed by atoms with Crippen LogP contribution in [-0.2, 0) is 19.2 Å². The third-order valence-electron chi connectivity index (χ3n) is 6.75. The first-order valence-corrected chi connectivity index (χ1v) is 12.1. The minimum atomic E-state index is -0.859. The Kier molecular flexibility index (Phi) is 17.5. The van der Waals surface area contributed by atoms with Gasteiger partial charge in [-0.2, -0.15) is 0 Å². The predicted molar refractivity (Wildman–Crippen MR) is 114 cm³/mol. The molecule has 4 saturated carbocycles. The summed E-state index contributed by atoms with van der Waals surface area (Å²) in [5.41, 5.74) is 0. The Bertz CT molecular complexity index is 481. The van der Waals surface area contributed by atoms with Gasteiger partial charge in [0.15, 0.2) is 0 Å². The standard InChI is InChI=1S/4C6H10O2.Pb/c4*7-6(8)5-3-1-2-4-5;/h4*5H,1-4H2,(H,7,8);/p-4. The van der Waals surface area contributed by atoms with E-state index in [9.17, 15) is 39.6 Å². The molecule has 0 aromatic heterocycles. The summed E-state index contributed by atoms with van der Waals surface area (Å²) < 4.78 is 0. The minimum absolute atomic E-state index is 0. The van der Waals surface area contributed by atoms with E-state index < -0.39 is 23.9 Å². The van der Waals surface area contributed by atoms with Crippen molar-refractivity contribution in [3.05, 3.63) is 0 Å². The second kappa shape index (κ2) is 18.2. The van der Waals surface area contributed by atoms with Crippen molar-refractivity contribution in [2.24, 2.45) is 23.7 Å². The molecule has 8 nitrogen and oxygen atoms in total. The van der Waals surface area contributed by atoms with Gasteiger partial charge in [-0.25, -0.2) is 0 Å². The van der Waals surface area contributed by atoms with E-state index in [1.54, 1.807) is 0 Å². The SMILES string of the molecule is O=C([O-])C1CCCC1.O=C([O-])C1CCCC1.O=C([O-])C1CCCC1.O=C([O-])C1CCCC1.[Pb]. The van der Waals surface area contributed by atoms with Gasteiger partial charge in [-0.05, 0) is 75.0 Å². The van der Waals surface area contributed by atoms with Crippen molar-refractivity contribution in [2.45, 2.75) is 103 Å². The molecule has 4 aliphatic carbocycles. The fourth-order valence-electron chi connectivity index (χ4n) is 4.65. The van der Waals surface area contributed by atoms with Crippen LogP contribution in [0.4, 0.5) is 0 Å². The van der Waals surface area contributed by atoms with Crippen molar-refractivity contribution in [1.82, 2.24) is 0 Å². The molecule has 0 bridgehead atoms. The van der Waals surface area contributed by atoms with Gasteiger partial charge < -0.3 is 39.6 Å². The maximum Gasteiger partial charge on any atom is 0.0445 e. The van der Waals surface area contributed by atoms with Gasteiger partial charge in [-0.1, -0.05) is 51.4 Å². The molecule has 4 rings (SSSR count). The van der Waals surface area contributed by atoms with Gasteiger partial charge in [-0.15, -0.1) is 0 Å². The molecule has 0 atom stereocenters. The van der Waals surface area contributed by atoms with Crippen molar-refractivity contribution < 1.29 is 39.6 Å². The Morgan fingerprint density at radius 1 is 0.364 bits per heavy atom. The summed E-state index contributed by atoms with van der Waals surface area (Å²) in [5.74, 6) is -3.95. The molecule has 4 fully saturated rings. The van der Waals surface area contributed by atoms with Crippen molar-refractivity contribution in [3.63, 3.8) is 0 Å². The van der Waals surface area contributed by atoms with Crippen LogP contribution in [0.2, 0.25) is 0 Å². The van der Waals surface area contributed by atoms with Crippen LogP contribution in [0.15, 0.2) is 0 Å². The Balaban J connectivity index is 0.000000410. The van der Waals surface area contributed by atoms with Gasteiger partial charge in [0, 0.05) is 51.2 Å². The molecule has 188 valence electrons. The van der Waals surface area contributed by atoms with Crippen LogP contribution in [0, 0.1) is 23.7 Å². The van der Waals surface area contributed by atoms with Gasteiger partial charge in [0.1, 0.15) is 0 Å². The number of carboxylic acids is 4. The average molecular weight is 660 g/mol. The Labute approximate surface area is 216 Å². The Morgan fingerprint density at radius 2 is 0.485 bits per heavy atom. The number of rotatable bonds is 4. The second-order valence-corrected chi connectivity index (χ2v) is 9.20. The van der Waals surface area contributed by atoms with Gasteiger partial charge >= 0.3 is 0 Å². The van der Waals surface area contributed by atoms with Crippen LogP contribution in [-0.4, -0.2) is 51.2 Å². The molecule has 4 radical (unpaired) electrons. The zero-order chi connectivity index (χ0) is 23.9. The average Bonchev–Trinajstić information content (AvgIpc) is 3.56. The van der Waals surface area contributed by atoms with E-state index in [1.807, 2.05) is 0 Å². The van der Waals surface area contributed by atoms with Gasteiger partial charge in [0.05, 0.1) is 0 Å². The number of hydrogen-bond donors (Lipinski definition) is 0. The Morgan fingerprint density at radius 3 is 0.545 bits per heavy atom. The van der Waals surface area contributed by atoms with Crippen LogP contribution in [0.1, 0.15) is 103 Å². The van der Waals surface area contributed by atoms with E-state index in [2.05, 4.69) is 0 Å². The van der Waals surface area contributed by atoms with Crippen molar-refractivity contribution in [3.8, 4) is 0 Å². The number of aliphatic carboxylic acids is 4. The van der Waals surface area contributed by atoms with E-state index in [1.165, 1.54) is 0 Å². The van der Waals surface area contributed by atoms with E-state index in [4.69, 9.17) is 0 Å². The second-order valence-electron chi connectivity index (χ2n) is 9.20. The van der Waals surface area contributed by atoms with Gasteiger partial charge in [0.2, 0.25) is 0 Å². The molecule has 0 saturated heterocycles. The third-order valence-corrected chi connectivity index (χ3v) is 6.75. The molecule has 0 N–H and O–H groups in total. The van der Waals surface area contributed by atoms with Crippen LogP contribution < -0.4 is 20.4 Å². The molecule has 0 aliphatic heterocycles. The fourth-order valence-corrected chi connectivity index (χ4v) is 4.65. The first-order valence-electron chi connectivity index (χ1n) is 12.1. The summed E-state index contributed by atoms with van der Waals surface area (Å²) >= 11 is 0. The minimum Gasteiger partial charge on any atom is -0.550 e. The van der Waals surface area contributed by atoms with Gasteiger partial charge in [0.25, 0.3) is 0 Å². The number of carboxylic acid groups (broad SMARTS) is 4. The topological polar surface area (TPSA) is 161 Å². The normalized spacial score (nSPS) is 20.8. The molecule has 0 amide bonds. The molecular formula is C24H36O8Pb-4. The van der Waals surface area contributed by atoms with Crippen LogP contribution in [0.5, 0.6) is 0 Å². The first kappa shape index (κ1) is 31.8. The summed E-state index contributed by atoms with van der Waals surface area (Å²) in [6.45, 7) is 0. The monoisotopic (exact) mass is 660 g/mol. The molecule has 0 heterocycles. The van der Waals surface area contributed by atoms with E-state index in [0.717, 1.165) is 103 Å². The molecule has 0 spiro atoms. The zero-order valence-corrected chi connectivity index (χ0v) is 23.3. The molecule has 0 unspecified atom stereocenters. The van der Waals surface area contributed by atoms with Crippen molar-refractivity contribution >= 4 is 51.2 Å². The zero-order valence-electron chi connectivity index (χ0n) is 19.4. The number of hydrogen-bond acceptors (Lipinski definition) is 8. The van der Waals surface area contributed by atoms with E-state index in [-0.39, 0.29) is 51.0 Å². The first-order chi connectivity index (χ1) is 15.2. The summed E-state index contributed by atoms with van der Waals surface area (Å²) in [7, 11) is 0. The van der Waals surface area contributed by atoms with E-state index in [0.29, 0.717) is 0 Å². The summed E-state index contributed by atoms with van der Waals surface area (Å²) in [5, 5.41) is 40.4.